The molecule has 0 atom stereocenters. The van der Waals surface area contributed by atoms with Crippen molar-refractivity contribution in [2.45, 2.75) is 19.9 Å². The molecular formula is C15H18N4O. The number of hydrogen-bond acceptors (Lipinski definition) is 4. The van der Waals surface area contributed by atoms with Gasteiger partial charge in [-0.25, -0.2) is 0 Å². The second kappa shape index (κ2) is 6.65. The Hall–Kier alpha value is -2.43. The van der Waals surface area contributed by atoms with E-state index in [0.717, 1.165) is 6.42 Å². The third kappa shape index (κ3) is 3.54. The lowest BCUT2D eigenvalue weighted by atomic mass is 10.1. The van der Waals surface area contributed by atoms with Crippen LogP contribution in [0.4, 0.5) is 5.82 Å². The van der Waals surface area contributed by atoms with Gasteiger partial charge in [0.25, 0.3) is 5.91 Å². The molecule has 0 aliphatic carbocycles. The highest BCUT2D eigenvalue weighted by Gasteiger charge is 2.05. The second-order valence-electron chi connectivity index (χ2n) is 4.41. The number of benzene rings is 1. The summed E-state index contributed by atoms with van der Waals surface area (Å²) in [5.74, 6) is 0.413. The van der Waals surface area contributed by atoms with Crippen LogP contribution in [0.1, 0.15) is 28.5 Å². The van der Waals surface area contributed by atoms with Crippen molar-refractivity contribution in [2.24, 2.45) is 0 Å². The van der Waals surface area contributed by atoms with Crippen molar-refractivity contribution in [2.75, 3.05) is 12.4 Å². The molecule has 0 spiro atoms. The largest absolute Gasteiger partial charge is 0.365 e. The lowest BCUT2D eigenvalue weighted by molar-refractivity contribution is 0.0957. The fourth-order valence-corrected chi connectivity index (χ4v) is 1.76. The van der Waals surface area contributed by atoms with Crippen molar-refractivity contribution in [3.63, 3.8) is 0 Å². The Morgan fingerprint density at radius 3 is 2.30 bits per heavy atom. The Kier molecular flexibility index (Phi) is 4.65. The van der Waals surface area contributed by atoms with Crippen molar-refractivity contribution in [1.29, 1.82) is 0 Å². The highest BCUT2D eigenvalue weighted by Crippen LogP contribution is 2.08. The number of anilines is 1. The Morgan fingerprint density at radius 1 is 1.05 bits per heavy atom. The van der Waals surface area contributed by atoms with Crippen LogP contribution in [0.15, 0.2) is 36.4 Å². The molecule has 1 aromatic heterocycles. The molecule has 0 bridgehead atoms. The first-order chi connectivity index (χ1) is 9.72. The highest BCUT2D eigenvalue weighted by atomic mass is 16.1. The van der Waals surface area contributed by atoms with E-state index in [4.69, 9.17) is 0 Å². The molecule has 0 unspecified atom stereocenters. The van der Waals surface area contributed by atoms with E-state index < -0.39 is 0 Å². The molecular weight excluding hydrogens is 252 g/mol. The van der Waals surface area contributed by atoms with Crippen molar-refractivity contribution < 1.29 is 4.79 Å². The van der Waals surface area contributed by atoms with E-state index in [1.165, 1.54) is 11.1 Å². The number of nitrogens with zero attached hydrogens (tertiary/aromatic N) is 2. The van der Waals surface area contributed by atoms with Crippen LogP contribution in [-0.4, -0.2) is 23.2 Å². The first-order valence-corrected chi connectivity index (χ1v) is 6.60. The Labute approximate surface area is 118 Å². The van der Waals surface area contributed by atoms with Crippen molar-refractivity contribution >= 4 is 11.7 Å². The van der Waals surface area contributed by atoms with Gasteiger partial charge >= 0.3 is 0 Å². The fourth-order valence-electron chi connectivity index (χ4n) is 1.76. The maximum Gasteiger partial charge on any atom is 0.271 e. The zero-order valence-corrected chi connectivity index (χ0v) is 11.7. The molecule has 5 heteroatoms. The molecule has 1 heterocycles. The molecule has 2 N–H and O–H groups in total. The summed E-state index contributed by atoms with van der Waals surface area (Å²) >= 11 is 0. The molecule has 104 valence electrons. The van der Waals surface area contributed by atoms with Crippen molar-refractivity contribution in [1.82, 2.24) is 15.5 Å². The first kappa shape index (κ1) is 14.0. The van der Waals surface area contributed by atoms with Crippen LogP contribution in [0, 0.1) is 0 Å². The van der Waals surface area contributed by atoms with Crippen LogP contribution in [0.2, 0.25) is 0 Å². The third-order valence-corrected chi connectivity index (χ3v) is 3.03. The number of carbonyl (C=O) groups is 1. The fraction of sp³-hybridized carbons (Fsp3) is 0.267. The summed E-state index contributed by atoms with van der Waals surface area (Å²) in [6.07, 6.45) is 1.04. The molecule has 0 fully saturated rings. The van der Waals surface area contributed by atoms with E-state index in [1.807, 2.05) is 0 Å². The van der Waals surface area contributed by atoms with Crippen LogP contribution in [0.5, 0.6) is 0 Å². The van der Waals surface area contributed by atoms with Gasteiger partial charge in [0.05, 0.1) is 0 Å². The predicted molar refractivity (Wildman–Crippen MR) is 78.6 cm³/mol. The predicted octanol–water partition coefficient (Wildman–Crippen LogP) is 2.01. The number of nitrogens with one attached hydrogen (secondary N) is 2. The topological polar surface area (TPSA) is 66.9 Å². The van der Waals surface area contributed by atoms with Gasteiger partial charge in [0.15, 0.2) is 5.69 Å². The molecule has 1 aromatic carbocycles. The summed E-state index contributed by atoms with van der Waals surface area (Å²) in [5, 5.41) is 13.5. The highest BCUT2D eigenvalue weighted by molar-refractivity contribution is 5.91. The number of aromatic nitrogens is 2. The van der Waals surface area contributed by atoms with E-state index in [-0.39, 0.29) is 5.91 Å². The standard InChI is InChI=1S/C15H18N4O/c1-3-11-4-6-12(7-5-11)10-17-14-9-8-13(18-19-14)15(20)16-2/h4-9H,3,10H2,1-2H3,(H,16,20)(H,17,19). The maximum absolute atomic E-state index is 11.3. The Morgan fingerprint density at radius 2 is 1.75 bits per heavy atom. The smallest absolute Gasteiger partial charge is 0.271 e. The van der Waals surface area contributed by atoms with Crippen LogP contribution in [0.3, 0.4) is 0 Å². The molecule has 2 rings (SSSR count). The third-order valence-electron chi connectivity index (χ3n) is 3.03. The zero-order chi connectivity index (χ0) is 14.4. The van der Waals surface area contributed by atoms with Gasteiger partial charge in [0.2, 0.25) is 0 Å². The van der Waals surface area contributed by atoms with Crippen LogP contribution in [0.25, 0.3) is 0 Å². The molecule has 0 radical (unpaired) electrons. The molecule has 0 saturated heterocycles. The SMILES string of the molecule is CCc1ccc(CNc2ccc(C(=O)NC)nn2)cc1. The summed E-state index contributed by atoms with van der Waals surface area (Å²) in [7, 11) is 1.57. The summed E-state index contributed by atoms with van der Waals surface area (Å²) in [6.45, 7) is 2.81. The minimum absolute atomic E-state index is 0.237. The zero-order valence-electron chi connectivity index (χ0n) is 11.7. The van der Waals surface area contributed by atoms with E-state index in [0.29, 0.717) is 18.1 Å². The normalized spacial score (nSPS) is 10.1. The molecule has 0 aliphatic rings. The van der Waals surface area contributed by atoms with Gasteiger partial charge in [-0.2, -0.15) is 0 Å². The molecule has 5 nitrogen and oxygen atoms in total. The van der Waals surface area contributed by atoms with Gasteiger partial charge in [-0.05, 0) is 29.7 Å². The van der Waals surface area contributed by atoms with Crippen LogP contribution < -0.4 is 10.6 Å². The first-order valence-electron chi connectivity index (χ1n) is 6.60. The average Bonchev–Trinajstić information content (AvgIpc) is 2.53. The van der Waals surface area contributed by atoms with Gasteiger partial charge < -0.3 is 10.6 Å². The van der Waals surface area contributed by atoms with E-state index in [1.54, 1.807) is 19.2 Å². The minimum atomic E-state index is -0.237. The van der Waals surface area contributed by atoms with E-state index in [9.17, 15) is 4.79 Å². The Bertz CT molecular complexity index is 563. The molecule has 0 saturated carbocycles. The Balaban J connectivity index is 1.94. The van der Waals surface area contributed by atoms with Crippen molar-refractivity contribution in [3.8, 4) is 0 Å². The van der Waals surface area contributed by atoms with Gasteiger partial charge in [-0.3, -0.25) is 4.79 Å². The molecule has 2 aromatic rings. The number of hydrogen-bond donors (Lipinski definition) is 2. The average molecular weight is 270 g/mol. The van der Waals surface area contributed by atoms with Crippen molar-refractivity contribution in [3.05, 3.63) is 53.2 Å². The van der Waals surface area contributed by atoms with E-state index in [2.05, 4.69) is 52.0 Å². The summed E-state index contributed by atoms with van der Waals surface area (Å²) in [5.41, 5.74) is 2.81. The molecule has 0 aliphatic heterocycles. The quantitative estimate of drug-likeness (QED) is 0.872. The summed E-state index contributed by atoms with van der Waals surface area (Å²) in [4.78, 5) is 11.3. The minimum Gasteiger partial charge on any atom is -0.365 e. The van der Waals surface area contributed by atoms with Crippen LogP contribution >= 0.6 is 0 Å². The number of carbonyl (C=O) groups excluding carboxylic acids is 1. The lowest BCUT2D eigenvalue weighted by Gasteiger charge is -2.06. The van der Waals surface area contributed by atoms with Gasteiger partial charge in [0.1, 0.15) is 5.82 Å². The van der Waals surface area contributed by atoms with Crippen LogP contribution in [-0.2, 0) is 13.0 Å². The molecule has 20 heavy (non-hydrogen) atoms. The van der Waals surface area contributed by atoms with Gasteiger partial charge in [-0.15, -0.1) is 10.2 Å². The number of rotatable bonds is 5. The number of aryl methyl sites for hydroxylation is 1. The van der Waals surface area contributed by atoms with E-state index >= 15 is 0 Å². The molecule has 1 amide bonds. The van der Waals surface area contributed by atoms with Gasteiger partial charge in [-0.1, -0.05) is 31.2 Å². The van der Waals surface area contributed by atoms with Gasteiger partial charge in [0, 0.05) is 13.6 Å². The summed E-state index contributed by atoms with van der Waals surface area (Å²) in [6, 6.07) is 11.8. The monoisotopic (exact) mass is 270 g/mol. The maximum atomic E-state index is 11.3. The summed E-state index contributed by atoms with van der Waals surface area (Å²) < 4.78 is 0. The second-order valence-corrected chi connectivity index (χ2v) is 4.41. The lowest BCUT2D eigenvalue weighted by Crippen LogP contribution is -2.19. The number of amides is 1.